The van der Waals surface area contributed by atoms with Gasteiger partial charge in [0.2, 0.25) is 0 Å². The third-order valence-corrected chi connectivity index (χ3v) is 1.09. The fourth-order valence-electron chi connectivity index (χ4n) is 0.273. The molecule has 0 bridgehead atoms. The summed E-state index contributed by atoms with van der Waals surface area (Å²) in [6.07, 6.45) is 0.562. The summed E-state index contributed by atoms with van der Waals surface area (Å²) >= 11 is 1.24. The first kappa shape index (κ1) is 2.55. The molecule has 0 aromatic carbocycles. The second-order valence-corrected chi connectivity index (χ2v) is 1.66. The highest BCUT2D eigenvalue weighted by molar-refractivity contribution is 7.95. The van der Waals surface area contributed by atoms with Gasteiger partial charge in [-0.05, 0) is 6.42 Å². The zero-order chi connectivity index (χ0) is 5.98. The molecule has 2 nitrogen and oxygen atoms in total. The van der Waals surface area contributed by atoms with Crippen molar-refractivity contribution in [3.05, 3.63) is 0 Å². The summed E-state index contributed by atoms with van der Waals surface area (Å²) in [6, 6.07) is 0. The molecule has 1 saturated heterocycles. The highest BCUT2D eigenvalue weighted by Crippen LogP contribution is 1.91. The zero-order valence-corrected chi connectivity index (χ0v) is 4.09. The zero-order valence-electron chi connectivity index (χ0n) is 5.27. The van der Waals surface area contributed by atoms with E-state index in [1.54, 1.807) is 0 Å². The average Bonchev–Trinajstić information content (AvgIpc) is 1.64. The van der Waals surface area contributed by atoms with Gasteiger partial charge in [0.25, 0.3) is 0 Å². The van der Waals surface area contributed by atoms with Crippen LogP contribution in [0.25, 0.3) is 0 Å². The molecule has 0 spiro atoms. The SMILES string of the molecule is [2H]C1CC([2H])NSN1. The van der Waals surface area contributed by atoms with Gasteiger partial charge in [0.05, 0.1) is 0 Å². The Morgan fingerprint density at radius 2 is 2.17 bits per heavy atom. The van der Waals surface area contributed by atoms with Gasteiger partial charge in [0, 0.05) is 27.9 Å². The van der Waals surface area contributed by atoms with Crippen LogP contribution in [0.4, 0.5) is 0 Å². The van der Waals surface area contributed by atoms with Crippen molar-refractivity contribution >= 4 is 12.1 Å². The van der Waals surface area contributed by atoms with E-state index in [2.05, 4.69) is 9.44 Å². The normalized spacial score (nSPS) is 53.3. The Hall–Kier alpha value is 0.270. The van der Waals surface area contributed by atoms with Crippen LogP contribution in [-0.2, 0) is 0 Å². The molecular formula is C3H8N2S. The fraction of sp³-hybridized carbons (Fsp3) is 1.00. The Bertz CT molecular complexity index is 73.7. The van der Waals surface area contributed by atoms with E-state index in [1.165, 1.54) is 12.1 Å². The van der Waals surface area contributed by atoms with Gasteiger partial charge >= 0.3 is 0 Å². The van der Waals surface area contributed by atoms with Crippen molar-refractivity contribution in [2.24, 2.45) is 0 Å². The smallest absolute Gasteiger partial charge is 0.0439 e. The molecule has 0 radical (unpaired) electrons. The molecule has 3 heteroatoms. The molecule has 36 valence electrons. The fourth-order valence-corrected chi connectivity index (χ4v) is 0.700. The number of hydrogen-bond donors (Lipinski definition) is 2. The largest absolute Gasteiger partial charge is 0.251 e. The molecule has 6 heavy (non-hydrogen) atoms. The van der Waals surface area contributed by atoms with Crippen LogP contribution in [0, 0.1) is 0 Å². The number of hydrogen-bond acceptors (Lipinski definition) is 3. The lowest BCUT2D eigenvalue weighted by molar-refractivity contribution is 0.742. The maximum absolute atomic E-state index is 7.11. The molecule has 2 unspecified atom stereocenters. The molecular weight excluding hydrogens is 96.1 g/mol. The molecule has 0 amide bonds. The van der Waals surface area contributed by atoms with Crippen molar-refractivity contribution in [2.45, 2.75) is 6.42 Å². The molecule has 1 aliphatic heterocycles. The molecule has 0 aromatic heterocycles. The summed E-state index contributed by atoms with van der Waals surface area (Å²) in [5.41, 5.74) is 0. The lowest BCUT2D eigenvalue weighted by Gasteiger charge is -2.09. The first-order valence-corrected chi connectivity index (χ1v) is 2.62. The van der Waals surface area contributed by atoms with E-state index in [1.807, 2.05) is 0 Å². The van der Waals surface area contributed by atoms with Crippen LogP contribution >= 0.6 is 12.1 Å². The van der Waals surface area contributed by atoms with Crippen molar-refractivity contribution in [1.82, 2.24) is 9.44 Å². The topological polar surface area (TPSA) is 24.1 Å². The van der Waals surface area contributed by atoms with E-state index in [-0.39, 0.29) is 13.0 Å². The summed E-state index contributed by atoms with van der Waals surface area (Å²) in [4.78, 5) is 0. The van der Waals surface area contributed by atoms with Gasteiger partial charge in [-0.2, -0.15) is 0 Å². The Morgan fingerprint density at radius 1 is 1.50 bits per heavy atom. The second kappa shape index (κ2) is 2.44. The molecule has 1 fully saturated rings. The van der Waals surface area contributed by atoms with Crippen LogP contribution < -0.4 is 9.44 Å². The Kier molecular flexibility index (Phi) is 1.04. The highest BCUT2D eigenvalue weighted by Gasteiger charge is 1.92. The minimum absolute atomic E-state index is 0.274. The van der Waals surface area contributed by atoms with Crippen molar-refractivity contribution in [2.75, 3.05) is 13.0 Å². The monoisotopic (exact) mass is 106 g/mol. The van der Waals surface area contributed by atoms with E-state index < -0.39 is 0 Å². The molecule has 2 N–H and O–H groups in total. The Morgan fingerprint density at radius 3 is 2.50 bits per heavy atom. The van der Waals surface area contributed by atoms with Crippen molar-refractivity contribution in [3.63, 3.8) is 0 Å². The summed E-state index contributed by atoms with van der Waals surface area (Å²) in [5, 5.41) is 0. The van der Waals surface area contributed by atoms with Crippen LogP contribution in [-0.4, -0.2) is 13.0 Å². The van der Waals surface area contributed by atoms with Gasteiger partial charge in [0.15, 0.2) is 0 Å². The standard InChI is InChI=1S/C3H8N2S/c1-2-4-6-5-3-1/h4-5H,1-3H2/i2D,3D. The van der Waals surface area contributed by atoms with Gasteiger partial charge in [0.1, 0.15) is 0 Å². The number of nitrogens with one attached hydrogen (secondary N) is 2. The maximum Gasteiger partial charge on any atom is 0.0439 e. The van der Waals surface area contributed by atoms with Gasteiger partial charge in [-0.25, -0.2) is 0 Å². The summed E-state index contributed by atoms with van der Waals surface area (Å²) < 4.78 is 19.8. The van der Waals surface area contributed by atoms with Gasteiger partial charge in [-0.1, -0.05) is 0 Å². The number of rotatable bonds is 0. The van der Waals surface area contributed by atoms with Gasteiger partial charge in [-0.15, -0.1) is 0 Å². The van der Waals surface area contributed by atoms with E-state index in [0.29, 0.717) is 6.42 Å². The van der Waals surface area contributed by atoms with Gasteiger partial charge in [-0.3, -0.25) is 9.44 Å². The lowest BCUT2D eigenvalue weighted by Crippen LogP contribution is -2.24. The molecule has 0 saturated carbocycles. The third kappa shape index (κ3) is 1.16. The van der Waals surface area contributed by atoms with E-state index >= 15 is 0 Å². The van der Waals surface area contributed by atoms with Crippen LogP contribution in [0.3, 0.4) is 0 Å². The summed E-state index contributed by atoms with van der Waals surface area (Å²) in [6.45, 7) is -0.549. The van der Waals surface area contributed by atoms with Crippen LogP contribution in [0.5, 0.6) is 0 Å². The van der Waals surface area contributed by atoms with E-state index in [9.17, 15) is 0 Å². The average molecular weight is 106 g/mol. The lowest BCUT2D eigenvalue weighted by atomic mass is 10.4. The molecule has 1 rings (SSSR count). The van der Waals surface area contributed by atoms with Crippen LogP contribution in [0.15, 0.2) is 0 Å². The maximum atomic E-state index is 7.11. The van der Waals surface area contributed by atoms with Crippen LogP contribution in [0.2, 0.25) is 0 Å². The minimum atomic E-state index is -0.274. The highest BCUT2D eigenvalue weighted by atomic mass is 32.2. The minimum Gasteiger partial charge on any atom is -0.251 e. The second-order valence-electron chi connectivity index (χ2n) is 0.982. The van der Waals surface area contributed by atoms with Crippen molar-refractivity contribution in [1.29, 1.82) is 0 Å². The third-order valence-electron chi connectivity index (χ3n) is 0.520. The first-order valence-electron chi connectivity index (χ1n) is 2.96. The predicted octanol–water partition coefficient (Wildman–Crippen LogP) is 0.133. The quantitative estimate of drug-likeness (QED) is 0.429. The van der Waals surface area contributed by atoms with Crippen molar-refractivity contribution in [3.8, 4) is 0 Å². The summed E-state index contributed by atoms with van der Waals surface area (Å²) in [5.74, 6) is 0. The van der Waals surface area contributed by atoms with E-state index in [4.69, 9.17) is 2.74 Å². The first-order chi connectivity index (χ1) is 3.79. The predicted molar refractivity (Wildman–Crippen MR) is 28.2 cm³/mol. The molecule has 1 aliphatic rings. The molecule has 2 atom stereocenters. The Balaban J connectivity index is 2.23. The summed E-state index contributed by atoms with van der Waals surface area (Å²) in [7, 11) is 0. The Labute approximate surface area is 44.8 Å². The van der Waals surface area contributed by atoms with Gasteiger partial charge < -0.3 is 0 Å². The van der Waals surface area contributed by atoms with Crippen LogP contribution in [0.1, 0.15) is 9.16 Å². The van der Waals surface area contributed by atoms with Crippen molar-refractivity contribution < 1.29 is 2.74 Å². The molecule has 1 heterocycles. The molecule has 0 aliphatic carbocycles. The van der Waals surface area contributed by atoms with E-state index in [0.717, 1.165) is 0 Å². The molecule has 0 aromatic rings.